The van der Waals surface area contributed by atoms with E-state index in [-0.39, 0.29) is 5.75 Å². The minimum atomic E-state index is -1.43. The Morgan fingerprint density at radius 3 is 2.52 bits per heavy atom. The van der Waals surface area contributed by atoms with Crippen LogP contribution in [0.5, 0.6) is 5.75 Å². The van der Waals surface area contributed by atoms with Gasteiger partial charge in [-0.2, -0.15) is 0 Å². The Kier molecular flexibility index (Phi) is 2.04. The zero-order chi connectivity index (χ0) is 14.8. The van der Waals surface area contributed by atoms with Gasteiger partial charge in [-0.3, -0.25) is 10.1 Å². The number of carbonyl (C=O) groups excluding carboxylic acids is 2. The molecule has 1 atom stereocenters. The van der Waals surface area contributed by atoms with Crippen LogP contribution in [-0.2, 0) is 10.3 Å². The maximum atomic E-state index is 13.6. The van der Waals surface area contributed by atoms with Gasteiger partial charge in [0.05, 0.1) is 0 Å². The first kappa shape index (κ1) is 11.9. The maximum Gasteiger partial charge on any atom is 0.322 e. The number of amides is 3. The first-order valence-electron chi connectivity index (χ1n) is 6.30. The molecule has 21 heavy (non-hydrogen) atoms. The van der Waals surface area contributed by atoms with Gasteiger partial charge in [0, 0.05) is 5.56 Å². The summed E-state index contributed by atoms with van der Waals surface area (Å²) in [6, 6.07) is 7.91. The van der Waals surface area contributed by atoms with Crippen molar-refractivity contribution in [3.63, 3.8) is 0 Å². The van der Waals surface area contributed by atoms with E-state index in [0.29, 0.717) is 22.3 Å². The summed E-state index contributed by atoms with van der Waals surface area (Å²) in [5.74, 6) is -1.02. The molecule has 1 unspecified atom stereocenters. The molecular formula is C15H9FN2O3. The van der Waals surface area contributed by atoms with Crippen LogP contribution in [0.15, 0.2) is 36.4 Å². The number of benzene rings is 2. The lowest BCUT2D eigenvalue weighted by Crippen LogP contribution is -2.43. The van der Waals surface area contributed by atoms with E-state index in [4.69, 9.17) is 0 Å². The number of aromatic hydroxyl groups is 1. The van der Waals surface area contributed by atoms with Gasteiger partial charge in [-0.1, -0.05) is 12.1 Å². The molecule has 3 N–H and O–H groups in total. The van der Waals surface area contributed by atoms with Gasteiger partial charge in [0.25, 0.3) is 5.91 Å². The summed E-state index contributed by atoms with van der Waals surface area (Å²) in [6.07, 6.45) is 0. The average molecular weight is 284 g/mol. The maximum absolute atomic E-state index is 13.6. The van der Waals surface area contributed by atoms with Gasteiger partial charge in [0.2, 0.25) is 0 Å². The molecule has 3 amide bonds. The summed E-state index contributed by atoms with van der Waals surface area (Å²) < 4.78 is 13.6. The van der Waals surface area contributed by atoms with Crippen molar-refractivity contribution in [1.29, 1.82) is 0 Å². The van der Waals surface area contributed by atoms with Crippen LogP contribution in [0.4, 0.5) is 9.18 Å². The topological polar surface area (TPSA) is 78.4 Å². The highest BCUT2D eigenvalue weighted by molar-refractivity contribution is 6.13. The Bertz CT molecular complexity index is 834. The van der Waals surface area contributed by atoms with Gasteiger partial charge in [-0.25, -0.2) is 9.18 Å². The molecule has 1 saturated heterocycles. The van der Waals surface area contributed by atoms with Crippen molar-refractivity contribution in [2.45, 2.75) is 5.54 Å². The highest BCUT2D eigenvalue weighted by Crippen LogP contribution is 2.49. The number of hydrogen-bond acceptors (Lipinski definition) is 3. The monoisotopic (exact) mass is 284 g/mol. The van der Waals surface area contributed by atoms with Crippen LogP contribution in [0.2, 0.25) is 0 Å². The SMILES string of the molecule is O=C1NC(=O)C2(N1)c1ccc(O)cc1-c1ccc(F)cc12. The van der Waals surface area contributed by atoms with Crippen molar-refractivity contribution in [1.82, 2.24) is 10.6 Å². The molecule has 1 aliphatic carbocycles. The number of imide groups is 1. The molecule has 2 aromatic rings. The number of rotatable bonds is 0. The molecule has 5 nitrogen and oxygen atoms in total. The molecule has 0 aromatic heterocycles. The first-order chi connectivity index (χ1) is 10.0. The second kappa shape index (κ2) is 3.60. The number of carbonyl (C=O) groups is 2. The number of nitrogens with one attached hydrogen (secondary N) is 2. The number of phenols is 1. The molecule has 0 radical (unpaired) electrons. The largest absolute Gasteiger partial charge is 0.508 e. The van der Waals surface area contributed by atoms with E-state index in [1.54, 1.807) is 6.07 Å². The van der Waals surface area contributed by atoms with Crippen molar-refractivity contribution < 1.29 is 19.1 Å². The van der Waals surface area contributed by atoms with Crippen LogP contribution in [-0.4, -0.2) is 17.0 Å². The van der Waals surface area contributed by atoms with Gasteiger partial charge in [0.1, 0.15) is 11.6 Å². The fourth-order valence-electron chi connectivity index (χ4n) is 3.12. The van der Waals surface area contributed by atoms with Crippen molar-refractivity contribution in [2.75, 3.05) is 0 Å². The Labute approximate surface area is 118 Å². The smallest absolute Gasteiger partial charge is 0.322 e. The highest BCUT2D eigenvalue weighted by Gasteiger charge is 2.55. The predicted octanol–water partition coefficient (Wildman–Crippen LogP) is 1.59. The zero-order valence-electron chi connectivity index (χ0n) is 10.6. The molecule has 2 aliphatic rings. The van der Waals surface area contributed by atoms with E-state index in [2.05, 4.69) is 10.6 Å². The van der Waals surface area contributed by atoms with Gasteiger partial charge in [-0.15, -0.1) is 0 Å². The highest BCUT2D eigenvalue weighted by atomic mass is 19.1. The molecule has 104 valence electrons. The Balaban J connectivity index is 2.12. The quantitative estimate of drug-likeness (QED) is 0.643. The third-order valence-electron chi connectivity index (χ3n) is 3.95. The van der Waals surface area contributed by atoms with Crippen molar-refractivity contribution in [3.05, 3.63) is 53.3 Å². The summed E-state index contributed by atoms with van der Waals surface area (Å²) in [5.41, 5.74) is 0.662. The van der Waals surface area contributed by atoms with E-state index in [0.717, 1.165) is 0 Å². The van der Waals surface area contributed by atoms with Crippen LogP contribution in [0.25, 0.3) is 11.1 Å². The van der Waals surface area contributed by atoms with Crippen molar-refractivity contribution >= 4 is 11.9 Å². The van der Waals surface area contributed by atoms with Crippen LogP contribution in [0.3, 0.4) is 0 Å². The molecule has 1 fully saturated rings. The van der Waals surface area contributed by atoms with Gasteiger partial charge >= 0.3 is 6.03 Å². The molecule has 0 bridgehead atoms. The molecular weight excluding hydrogens is 275 g/mol. The number of urea groups is 1. The van der Waals surface area contributed by atoms with Crippen LogP contribution in [0.1, 0.15) is 11.1 Å². The van der Waals surface area contributed by atoms with Crippen molar-refractivity contribution in [2.24, 2.45) is 0 Å². The third kappa shape index (κ3) is 1.33. The van der Waals surface area contributed by atoms with Crippen LogP contribution >= 0.6 is 0 Å². The number of halogens is 1. The zero-order valence-corrected chi connectivity index (χ0v) is 10.6. The Morgan fingerprint density at radius 1 is 1.00 bits per heavy atom. The fourth-order valence-corrected chi connectivity index (χ4v) is 3.12. The van der Waals surface area contributed by atoms with Crippen molar-refractivity contribution in [3.8, 4) is 16.9 Å². The van der Waals surface area contributed by atoms with E-state index >= 15 is 0 Å². The lowest BCUT2D eigenvalue weighted by molar-refractivity contribution is -0.122. The predicted molar refractivity (Wildman–Crippen MR) is 71.0 cm³/mol. The Hall–Kier alpha value is -2.89. The summed E-state index contributed by atoms with van der Waals surface area (Å²) in [4.78, 5) is 24.0. The minimum Gasteiger partial charge on any atom is -0.508 e. The average Bonchev–Trinajstić information content (AvgIpc) is 2.87. The van der Waals surface area contributed by atoms with Crippen LogP contribution < -0.4 is 10.6 Å². The fraction of sp³-hybridized carbons (Fsp3) is 0.0667. The molecule has 4 rings (SSSR count). The van der Waals surface area contributed by atoms with E-state index < -0.39 is 23.3 Å². The van der Waals surface area contributed by atoms with Crippen LogP contribution in [0, 0.1) is 5.82 Å². The summed E-state index contributed by atoms with van der Waals surface area (Å²) >= 11 is 0. The molecule has 1 aliphatic heterocycles. The number of hydrogen-bond donors (Lipinski definition) is 3. The number of fused-ring (bicyclic) bond motifs is 5. The molecule has 2 aromatic carbocycles. The second-order valence-corrected chi connectivity index (χ2v) is 5.08. The minimum absolute atomic E-state index is 0.0332. The lowest BCUT2D eigenvalue weighted by Gasteiger charge is -2.23. The summed E-state index contributed by atoms with van der Waals surface area (Å²) in [7, 11) is 0. The summed E-state index contributed by atoms with van der Waals surface area (Å²) in [6.45, 7) is 0. The standard InChI is InChI=1S/C15H9FN2O3/c16-7-1-3-9-10-6-8(19)2-4-11(10)15(12(9)5-7)13(20)17-14(21)18-15/h1-6,19H,(H2,17,18,20,21). The van der Waals surface area contributed by atoms with Gasteiger partial charge in [-0.05, 0) is 41.0 Å². The first-order valence-corrected chi connectivity index (χ1v) is 6.30. The van der Waals surface area contributed by atoms with Gasteiger partial charge in [0.15, 0.2) is 5.54 Å². The molecule has 0 saturated carbocycles. The third-order valence-corrected chi connectivity index (χ3v) is 3.95. The van der Waals surface area contributed by atoms with E-state index in [1.165, 1.54) is 30.3 Å². The lowest BCUT2D eigenvalue weighted by atomic mass is 9.87. The van der Waals surface area contributed by atoms with E-state index in [1.807, 2.05) is 0 Å². The second-order valence-electron chi connectivity index (χ2n) is 5.08. The normalized spacial score (nSPS) is 22.0. The molecule has 1 heterocycles. The molecule has 6 heteroatoms. The number of phenolic OH excluding ortho intramolecular Hbond substituents is 1. The molecule has 1 spiro atoms. The van der Waals surface area contributed by atoms with E-state index in [9.17, 15) is 19.1 Å². The Morgan fingerprint density at radius 2 is 1.81 bits per heavy atom. The van der Waals surface area contributed by atoms with Gasteiger partial charge < -0.3 is 10.4 Å². The summed E-state index contributed by atoms with van der Waals surface area (Å²) in [5, 5.41) is 14.4.